The van der Waals surface area contributed by atoms with E-state index in [1.807, 2.05) is 31.2 Å². The second-order valence-electron chi connectivity index (χ2n) is 4.66. The van der Waals surface area contributed by atoms with E-state index >= 15 is 0 Å². The molecular formula is C14H18O5. The molecule has 0 aromatic heterocycles. The predicted octanol–water partition coefficient (Wildman–Crippen LogP) is 2.15. The zero-order valence-corrected chi connectivity index (χ0v) is 11.1. The maximum absolute atomic E-state index is 10.6. The molecule has 1 aliphatic heterocycles. The van der Waals surface area contributed by atoms with Crippen LogP contribution in [0.5, 0.6) is 5.75 Å². The van der Waals surface area contributed by atoms with Crippen LogP contribution < -0.4 is 4.74 Å². The van der Waals surface area contributed by atoms with Crippen LogP contribution in [0.25, 0.3) is 0 Å². The first kappa shape index (κ1) is 13.8. The Morgan fingerprint density at radius 1 is 1.58 bits per heavy atom. The third-order valence-corrected chi connectivity index (χ3v) is 3.21. The second kappa shape index (κ2) is 5.59. The summed E-state index contributed by atoms with van der Waals surface area (Å²) in [7, 11) is 1.60. The number of benzene rings is 1. The highest BCUT2D eigenvalue weighted by Crippen LogP contribution is 2.36. The number of carbonyl (C=O) groups is 1. The monoisotopic (exact) mass is 266 g/mol. The van der Waals surface area contributed by atoms with Gasteiger partial charge in [0.05, 0.1) is 19.8 Å². The highest BCUT2D eigenvalue weighted by Gasteiger charge is 2.38. The fourth-order valence-electron chi connectivity index (χ4n) is 2.12. The molecule has 19 heavy (non-hydrogen) atoms. The van der Waals surface area contributed by atoms with Crippen molar-refractivity contribution in [2.75, 3.05) is 13.7 Å². The molecule has 1 aromatic rings. The van der Waals surface area contributed by atoms with E-state index in [0.29, 0.717) is 13.0 Å². The molecule has 1 aliphatic rings. The van der Waals surface area contributed by atoms with E-state index in [1.54, 1.807) is 7.11 Å². The Kier molecular flexibility index (Phi) is 4.07. The Morgan fingerprint density at radius 2 is 2.37 bits per heavy atom. The average Bonchev–Trinajstić information content (AvgIpc) is 2.80. The SMILES string of the molecule is COc1cccc(C2(C)OCC(CCC(=O)O)O2)c1. The summed E-state index contributed by atoms with van der Waals surface area (Å²) in [5, 5.41) is 8.68. The molecule has 5 nitrogen and oxygen atoms in total. The number of hydrogen-bond acceptors (Lipinski definition) is 4. The van der Waals surface area contributed by atoms with Crippen molar-refractivity contribution in [2.45, 2.75) is 31.7 Å². The number of rotatable bonds is 5. The molecule has 0 saturated carbocycles. The van der Waals surface area contributed by atoms with Crippen molar-refractivity contribution >= 4 is 5.97 Å². The van der Waals surface area contributed by atoms with Crippen molar-refractivity contribution in [3.63, 3.8) is 0 Å². The molecule has 0 amide bonds. The molecule has 2 atom stereocenters. The molecule has 104 valence electrons. The van der Waals surface area contributed by atoms with E-state index < -0.39 is 11.8 Å². The molecule has 2 unspecified atom stereocenters. The van der Waals surface area contributed by atoms with Gasteiger partial charge in [-0.25, -0.2) is 0 Å². The summed E-state index contributed by atoms with van der Waals surface area (Å²) >= 11 is 0. The molecule has 1 aromatic carbocycles. The van der Waals surface area contributed by atoms with Gasteiger partial charge in [-0.05, 0) is 25.5 Å². The minimum Gasteiger partial charge on any atom is -0.497 e. The molecule has 0 aliphatic carbocycles. The molecule has 0 radical (unpaired) electrons. The van der Waals surface area contributed by atoms with Crippen LogP contribution in [-0.2, 0) is 20.1 Å². The first-order valence-corrected chi connectivity index (χ1v) is 6.21. The Morgan fingerprint density at radius 3 is 3.05 bits per heavy atom. The molecule has 2 rings (SSSR count). The maximum Gasteiger partial charge on any atom is 0.303 e. The molecular weight excluding hydrogens is 248 g/mol. The molecule has 1 fully saturated rings. The standard InChI is InChI=1S/C14H18O5/c1-14(10-4-3-5-11(8-10)17-2)18-9-12(19-14)6-7-13(15)16/h3-5,8,12H,6-7,9H2,1-2H3,(H,15,16). The third-order valence-electron chi connectivity index (χ3n) is 3.21. The van der Waals surface area contributed by atoms with Gasteiger partial charge in [-0.3, -0.25) is 4.79 Å². The molecule has 1 saturated heterocycles. The van der Waals surface area contributed by atoms with Gasteiger partial charge in [-0.15, -0.1) is 0 Å². The summed E-state index contributed by atoms with van der Waals surface area (Å²) in [6.07, 6.45) is 0.351. The summed E-state index contributed by atoms with van der Waals surface area (Å²) in [6, 6.07) is 7.49. The van der Waals surface area contributed by atoms with E-state index in [2.05, 4.69) is 0 Å². The van der Waals surface area contributed by atoms with Crippen LogP contribution in [0.15, 0.2) is 24.3 Å². The Balaban J connectivity index is 2.05. The van der Waals surface area contributed by atoms with E-state index in [0.717, 1.165) is 11.3 Å². The normalized spacial score (nSPS) is 26.3. The lowest BCUT2D eigenvalue weighted by atomic mass is 10.1. The Labute approximate surface area is 112 Å². The third kappa shape index (κ3) is 3.24. The summed E-state index contributed by atoms with van der Waals surface area (Å²) in [5.74, 6) is -0.920. The second-order valence-corrected chi connectivity index (χ2v) is 4.66. The first-order valence-electron chi connectivity index (χ1n) is 6.21. The van der Waals surface area contributed by atoms with Gasteiger partial charge in [0.15, 0.2) is 5.79 Å². The zero-order valence-electron chi connectivity index (χ0n) is 11.1. The molecule has 5 heteroatoms. The van der Waals surface area contributed by atoms with Gasteiger partial charge < -0.3 is 19.3 Å². The largest absolute Gasteiger partial charge is 0.497 e. The minimum absolute atomic E-state index is 0.0855. The fourth-order valence-corrected chi connectivity index (χ4v) is 2.12. The van der Waals surface area contributed by atoms with Gasteiger partial charge in [-0.2, -0.15) is 0 Å². The van der Waals surface area contributed by atoms with Crippen LogP contribution in [0, 0.1) is 0 Å². The number of methoxy groups -OCH3 is 1. The van der Waals surface area contributed by atoms with Gasteiger partial charge in [-0.1, -0.05) is 12.1 Å². The van der Waals surface area contributed by atoms with Crippen molar-refractivity contribution in [2.24, 2.45) is 0 Å². The first-order chi connectivity index (χ1) is 9.03. The topological polar surface area (TPSA) is 65.0 Å². The van der Waals surface area contributed by atoms with Crippen LogP contribution in [0.4, 0.5) is 0 Å². The van der Waals surface area contributed by atoms with Crippen LogP contribution in [0.1, 0.15) is 25.3 Å². The number of ether oxygens (including phenoxy) is 3. The number of hydrogen-bond donors (Lipinski definition) is 1. The molecule has 0 spiro atoms. The van der Waals surface area contributed by atoms with E-state index in [1.165, 1.54) is 0 Å². The zero-order chi connectivity index (χ0) is 13.9. The summed E-state index contributed by atoms with van der Waals surface area (Å²) < 4.78 is 16.7. The lowest BCUT2D eigenvalue weighted by Crippen LogP contribution is -2.24. The fraction of sp³-hybridized carbons (Fsp3) is 0.500. The molecule has 1 heterocycles. The highest BCUT2D eigenvalue weighted by atomic mass is 16.7. The van der Waals surface area contributed by atoms with Crippen molar-refractivity contribution in [3.8, 4) is 5.75 Å². The van der Waals surface area contributed by atoms with E-state index in [4.69, 9.17) is 19.3 Å². The van der Waals surface area contributed by atoms with Crippen molar-refractivity contribution < 1.29 is 24.1 Å². The van der Waals surface area contributed by atoms with Crippen molar-refractivity contribution in [1.29, 1.82) is 0 Å². The lowest BCUT2D eigenvalue weighted by molar-refractivity contribution is -0.163. The van der Waals surface area contributed by atoms with E-state index in [-0.39, 0.29) is 12.5 Å². The van der Waals surface area contributed by atoms with Gasteiger partial charge in [0.2, 0.25) is 0 Å². The average molecular weight is 266 g/mol. The van der Waals surface area contributed by atoms with Crippen molar-refractivity contribution in [1.82, 2.24) is 0 Å². The van der Waals surface area contributed by atoms with E-state index in [9.17, 15) is 4.79 Å². The summed E-state index contributed by atoms with van der Waals surface area (Å²) in [6.45, 7) is 2.24. The summed E-state index contributed by atoms with van der Waals surface area (Å²) in [5.41, 5.74) is 0.865. The smallest absolute Gasteiger partial charge is 0.303 e. The number of aliphatic carboxylic acids is 1. The summed E-state index contributed by atoms with van der Waals surface area (Å²) in [4.78, 5) is 10.6. The van der Waals surface area contributed by atoms with Gasteiger partial charge in [0, 0.05) is 12.0 Å². The van der Waals surface area contributed by atoms with Gasteiger partial charge in [0.1, 0.15) is 5.75 Å². The number of carboxylic acids is 1. The van der Waals surface area contributed by atoms with Crippen LogP contribution in [0.2, 0.25) is 0 Å². The molecule has 1 N–H and O–H groups in total. The predicted molar refractivity (Wildman–Crippen MR) is 68.0 cm³/mol. The highest BCUT2D eigenvalue weighted by molar-refractivity contribution is 5.66. The van der Waals surface area contributed by atoms with Crippen molar-refractivity contribution in [3.05, 3.63) is 29.8 Å². The Hall–Kier alpha value is -1.59. The quantitative estimate of drug-likeness (QED) is 0.884. The van der Waals surface area contributed by atoms with Crippen LogP contribution in [-0.4, -0.2) is 30.9 Å². The van der Waals surface area contributed by atoms with Crippen LogP contribution in [0.3, 0.4) is 0 Å². The lowest BCUT2D eigenvalue weighted by Gasteiger charge is -2.24. The van der Waals surface area contributed by atoms with Crippen LogP contribution >= 0.6 is 0 Å². The van der Waals surface area contributed by atoms with Gasteiger partial charge >= 0.3 is 5.97 Å². The van der Waals surface area contributed by atoms with Gasteiger partial charge in [0.25, 0.3) is 0 Å². The Bertz CT molecular complexity index is 459. The minimum atomic E-state index is -0.836. The molecule has 0 bridgehead atoms. The number of carboxylic acid groups (broad SMARTS) is 1. The maximum atomic E-state index is 10.6.